The second-order valence-electron chi connectivity index (χ2n) is 4.51. The Morgan fingerprint density at radius 3 is 2.50 bits per heavy atom. The van der Waals surface area contributed by atoms with Gasteiger partial charge in [0.25, 0.3) is 0 Å². The monoisotopic (exact) mass is 309 g/mol. The van der Waals surface area contributed by atoms with E-state index in [1.807, 2.05) is 12.1 Å². The van der Waals surface area contributed by atoms with E-state index in [0.717, 1.165) is 10.9 Å². The smallest absolute Gasteiger partial charge is 0.197 e. The molecule has 18 heavy (non-hydrogen) atoms. The molecule has 1 heterocycles. The number of aliphatic hydroxyl groups is 1. The van der Waals surface area contributed by atoms with Gasteiger partial charge in [-0.1, -0.05) is 35.0 Å². The molecule has 0 radical (unpaired) electrons. The Morgan fingerprint density at radius 1 is 1.28 bits per heavy atom. The molecule has 0 saturated heterocycles. The highest BCUT2D eigenvalue weighted by molar-refractivity contribution is 9.10. The second-order valence-corrected chi connectivity index (χ2v) is 5.42. The van der Waals surface area contributed by atoms with Crippen molar-refractivity contribution in [1.29, 1.82) is 0 Å². The molecule has 96 valence electrons. The van der Waals surface area contributed by atoms with Gasteiger partial charge in [-0.25, -0.2) is 4.98 Å². The second kappa shape index (κ2) is 5.67. The molecular weight excluding hydrogens is 294 g/mol. The summed E-state index contributed by atoms with van der Waals surface area (Å²) in [5.41, 5.74) is 1.24. The predicted octanol–water partition coefficient (Wildman–Crippen LogP) is 3.84. The number of oxazole rings is 1. The van der Waals surface area contributed by atoms with Gasteiger partial charge < -0.3 is 9.52 Å². The first-order valence-corrected chi connectivity index (χ1v) is 6.73. The number of aromatic nitrogens is 1. The fourth-order valence-corrected chi connectivity index (χ4v) is 2.05. The highest BCUT2D eigenvalue weighted by Gasteiger charge is 2.15. The fourth-order valence-electron chi connectivity index (χ4n) is 1.78. The Morgan fingerprint density at radius 2 is 1.94 bits per heavy atom. The molecule has 0 aliphatic rings. The van der Waals surface area contributed by atoms with E-state index in [0.29, 0.717) is 11.7 Å². The summed E-state index contributed by atoms with van der Waals surface area (Å²) in [7, 11) is 0. The van der Waals surface area contributed by atoms with Crippen molar-refractivity contribution in [1.82, 2.24) is 4.98 Å². The van der Waals surface area contributed by atoms with Crippen molar-refractivity contribution in [3.05, 3.63) is 52.1 Å². The van der Waals surface area contributed by atoms with E-state index in [9.17, 15) is 5.11 Å². The van der Waals surface area contributed by atoms with Crippen LogP contribution in [0.2, 0.25) is 0 Å². The molecule has 0 bridgehead atoms. The van der Waals surface area contributed by atoms with E-state index in [1.165, 1.54) is 5.56 Å². The molecule has 2 aromatic rings. The van der Waals surface area contributed by atoms with Crippen LogP contribution in [0.3, 0.4) is 0 Å². The summed E-state index contributed by atoms with van der Waals surface area (Å²) in [4.78, 5) is 4.22. The first-order valence-electron chi connectivity index (χ1n) is 5.94. The highest BCUT2D eigenvalue weighted by atomic mass is 79.9. The van der Waals surface area contributed by atoms with E-state index in [1.54, 1.807) is 13.1 Å². The SMILES string of the molecule is CC(O)c1cnc(C(C)Cc2ccc(Br)cc2)o1. The molecule has 1 N–H and O–H groups in total. The number of aliphatic hydroxyl groups excluding tert-OH is 1. The van der Waals surface area contributed by atoms with Crippen LogP contribution in [0.15, 0.2) is 39.4 Å². The van der Waals surface area contributed by atoms with Gasteiger partial charge in [0, 0.05) is 10.4 Å². The van der Waals surface area contributed by atoms with Gasteiger partial charge in [0.15, 0.2) is 11.7 Å². The number of rotatable bonds is 4. The quantitative estimate of drug-likeness (QED) is 0.933. The van der Waals surface area contributed by atoms with Crippen molar-refractivity contribution in [3.63, 3.8) is 0 Å². The third-order valence-corrected chi connectivity index (χ3v) is 3.36. The van der Waals surface area contributed by atoms with Gasteiger partial charge in [0.1, 0.15) is 6.10 Å². The number of halogens is 1. The van der Waals surface area contributed by atoms with Crippen LogP contribution in [-0.2, 0) is 6.42 Å². The lowest BCUT2D eigenvalue weighted by atomic mass is 10.0. The van der Waals surface area contributed by atoms with Gasteiger partial charge in [-0.2, -0.15) is 0 Å². The summed E-state index contributed by atoms with van der Waals surface area (Å²) < 4.78 is 6.61. The minimum Gasteiger partial charge on any atom is -0.443 e. The zero-order chi connectivity index (χ0) is 13.1. The van der Waals surface area contributed by atoms with E-state index in [-0.39, 0.29) is 5.92 Å². The van der Waals surface area contributed by atoms with Crippen molar-refractivity contribution < 1.29 is 9.52 Å². The zero-order valence-electron chi connectivity index (χ0n) is 10.4. The van der Waals surface area contributed by atoms with Crippen LogP contribution in [0.25, 0.3) is 0 Å². The van der Waals surface area contributed by atoms with Crippen LogP contribution in [0, 0.1) is 0 Å². The number of hydrogen-bond donors (Lipinski definition) is 1. The van der Waals surface area contributed by atoms with Crippen LogP contribution in [0.4, 0.5) is 0 Å². The third kappa shape index (κ3) is 3.21. The Bertz CT molecular complexity index is 505. The maximum Gasteiger partial charge on any atom is 0.197 e. The van der Waals surface area contributed by atoms with Crippen molar-refractivity contribution in [3.8, 4) is 0 Å². The van der Waals surface area contributed by atoms with Crippen molar-refractivity contribution in [2.75, 3.05) is 0 Å². The third-order valence-electron chi connectivity index (χ3n) is 2.83. The Kier molecular flexibility index (Phi) is 4.19. The molecule has 0 amide bonds. The normalized spacial score (nSPS) is 14.4. The lowest BCUT2D eigenvalue weighted by Crippen LogP contribution is -1.98. The minimum absolute atomic E-state index is 0.193. The summed E-state index contributed by atoms with van der Waals surface area (Å²) in [5.74, 6) is 1.39. The standard InChI is InChI=1S/C14H16BrNO2/c1-9(7-11-3-5-12(15)6-4-11)14-16-8-13(18-14)10(2)17/h3-6,8-10,17H,7H2,1-2H3. The minimum atomic E-state index is -0.605. The Labute approximate surface area is 115 Å². The van der Waals surface area contributed by atoms with Gasteiger partial charge >= 0.3 is 0 Å². The van der Waals surface area contributed by atoms with Gasteiger partial charge in [-0.15, -0.1) is 0 Å². The van der Waals surface area contributed by atoms with Crippen LogP contribution in [-0.4, -0.2) is 10.1 Å². The van der Waals surface area contributed by atoms with Gasteiger partial charge in [-0.05, 0) is 31.0 Å². The molecule has 2 atom stereocenters. The molecule has 0 aliphatic carbocycles. The molecule has 4 heteroatoms. The molecule has 0 spiro atoms. The summed E-state index contributed by atoms with van der Waals surface area (Å²) in [6.07, 6.45) is 1.86. The molecule has 0 aliphatic heterocycles. The Hall–Kier alpha value is -1.13. The predicted molar refractivity (Wildman–Crippen MR) is 73.4 cm³/mol. The molecule has 0 saturated carbocycles. The summed E-state index contributed by atoms with van der Waals surface area (Å²) in [6, 6.07) is 8.22. The number of benzene rings is 1. The van der Waals surface area contributed by atoms with E-state index in [2.05, 4.69) is 40.0 Å². The fraction of sp³-hybridized carbons (Fsp3) is 0.357. The molecule has 0 fully saturated rings. The van der Waals surface area contributed by atoms with Crippen LogP contribution in [0.1, 0.15) is 43.1 Å². The van der Waals surface area contributed by atoms with Crippen molar-refractivity contribution in [2.24, 2.45) is 0 Å². The topological polar surface area (TPSA) is 46.3 Å². The van der Waals surface area contributed by atoms with Gasteiger partial charge in [-0.3, -0.25) is 0 Å². The molecule has 3 nitrogen and oxygen atoms in total. The first-order chi connectivity index (χ1) is 8.56. The Balaban J connectivity index is 2.06. The van der Waals surface area contributed by atoms with Crippen molar-refractivity contribution >= 4 is 15.9 Å². The van der Waals surface area contributed by atoms with E-state index < -0.39 is 6.10 Å². The molecule has 1 aromatic carbocycles. The van der Waals surface area contributed by atoms with Gasteiger partial charge in [0.05, 0.1) is 6.20 Å². The maximum atomic E-state index is 9.40. The van der Waals surface area contributed by atoms with E-state index in [4.69, 9.17) is 4.42 Å². The van der Waals surface area contributed by atoms with Crippen LogP contribution >= 0.6 is 15.9 Å². The molecule has 1 aromatic heterocycles. The molecule has 2 rings (SSSR count). The molecule has 2 unspecified atom stereocenters. The average Bonchev–Trinajstić information content (AvgIpc) is 2.81. The lowest BCUT2D eigenvalue weighted by Gasteiger charge is -2.07. The van der Waals surface area contributed by atoms with Gasteiger partial charge in [0.2, 0.25) is 0 Å². The summed E-state index contributed by atoms with van der Waals surface area (Å²) in [6.45, 7) is 3.74. The summed E-state index contributed by atoms with van der Waals surface area (Å²) >= 11 is 3.42. The molecular formula is C14H16BrNO2. The number of nitrogens with zero attached hydrogens (tertiary/aromatic N) is 1. The highest BCUT2D eigenvalue weighted by Crippen LogP contribution is 2.23. The first kappa shape index (κ1) is 13.3. The van der Waals surface area contributed by atoms with Crippen LogP contribution in [0.5, 0.6) is 0 Å². The summed E-state index contributed by atoms with van der Waals surface area (Å²) in [5, 5.41) is 9.40. The zero-order valence-corrected chi connectivity index (χ0v) is 12.0. The maximum absolute atomic E-state index is 9.40. The lowest BCUT2D eigenvalue weighted by molar-refractivity contribution is 0.166. The van der Waals surface area contributed by atoms with Crippen LogP contribution < -0.4 is 0 Å². The van der Waals surface area contributed by atoms with E-state index >= 15 is 0 Å². The average molecular weight is 310 g/mol. The number of hydrogen-bond acceptors (Lipinski definition) is 3. The van der Waals surface area contributed by atoms with Crippen molar-refractivity contribution in [2.45, 2.75) is 32.3 Å². The largest absolute Gasteiger partial charge is 0.443 e.